The second kappa shape index (κ2) is 14.7. The van der Waals surface area contributed by atoms with Crippen LogP contribution in [0, 0.1) is 32.1 Å². The molecule has 268 valence electrons. The van der Waals surface area contributed by atoms with Gasteiger partial charge < -0.3 is 0 Å². The van der Waals surface area contributed by atoms with Gasteiger partial charge in [0.1, 0.15) is 0 Å². The molecule has 8 rings (SSSR count). The summed E-state index contributed by atoms with van der Waals surface area (Å²) in [6.45, 7) is 15.7. The molecule has 2 nitrogen and oxygen atoms in total. The molecule has 1 heterocycles. The molecule has 55 heavy (non-hydrogen) atoms. The minimum absolute atomic E-state index is 0.386. The Morgan fingerprint density at radius 1 is 0.818 bits per heavy atom. The summed E-state index contributed by atoms with van der Waals surface area (Å²) in [4.78, 5) is 13.2. The van der Waals surface area contributed by atoms with Gasteiger partial charge >= 0.3 is 0 Å². The molecule has 3 aliphatic rings. The average Bonchev–Trinajstić information content (AvgIpc) is 3.50. The standard InChI is InChI=1S/C52H44N2S/c1-8-10-21-39-30-32-47-50(35(39)5)55-49-34(4)38(19-9-2)29-31-46(49)52(47)45-28-17-16-25-43(45)44-27-18-26-42(48(44)52)37(7)54-51(40-22-12-11-13-23-40)53-36(6)41-24-15-14-20-33(41)3/h1,9-19,21-33H,7,20H2,2-6H3/b19-9-,21-10-,53-36?,54-51?. The Kier molecular flexibility index (Phi) is 9.64. The van der Waals surface area contributed by atoms with E-state index < -0.39 is 5.41 Å². The van der Waals surface area contributed by atoms with Crippen molar-refractivity contribution in [3.63, 3.8) is 0 Å². The van der Waals surface area contributed by atoms with E-state index in [-0.39, 0.29) is 0 Å². The van der Waals surface area contributed by atoms with Crippen LogP contribution in [0.1, 0.15) is 82.8 Å². The molecule has 1 aliphatic heterocycles. The van der Waals surface area contributed by atoms with Crippen LogP contribution in [0.2, 0.25) is 0 Å². The molecule has 0 saturated carbocycles. The molecule has 3 heteroatoms. The van der Waals surface area contributed by atoms with Gasteiger partial charge in [0, 0.05) is 26.6 Å². The zero-order chi connectivity index (χ0) is 38.3. The first-order valence-electron chi connectivity index (χ1n) is 19.0. The molecule has 0 bridgehead atoms. The van der Waals surface area contributed by atoms with Gasteiger partial charge in [-0.05, 0) is 113 Å². The van der Waals surface area contributed by atoms with Crippen molar-refractivity contribution < 1.29 is 0 Å². The van der Waals surface area contributed by atoms with Crippen LogP contribution in [0.4, 0.5) is 0 Å². The van der Waals surface area contributed by atoms with Crippen LogP contribution < -0.4 is 0 Å². The lowest BCUT2D eigenvalue weighted by Gasteiger charge is -2.42. The van der Waals surface area contributed by atoms with Gasteiger partial charge in [0.2, 0.25) is 0 Å². The third kappa shape index (κ3) is 5.93. The highest BCUT2D eigenvalue weighted by molar-refractivity contribution is 7.99. The number of fused-ring (bicyclic) bond motifs is 9. The fraction of sp³-hybridized carbons (Fsp3) is 0.154. The Morgan fingerprint density at radius 2 is 1.49 bits per heavy atom. The average molecular weight is 729 g/mol. The van der Waals surface area contributed by atoms with Crippen LogP contribution in [0.25, 0.3) is 29.0 Å². The first-order chi connectivity index (χ1) is 26.8. The van der Waals surface area contributed by atoms with Gasteiger partial charge in [-0.25, -0.2) is 9.98 Å². The van der Waals surface area contributed by atoms with Crippen molar-refractivity contribution in [1.82, 2.24) is 0 Å². The van der Waals surface area contributed by atoms with Crippen molar-refractivity contribution in [2.45, 2.75) is 56.2 Å². The number of hydrogen-bond donors (Lipinski definition) is 0. The van der Waals surface area contributed by atoms with E-state index in [2.05, 4.69) is 150 Å². The molecule has 0 aromatic heterocycles. The molecule has 5 aromatic carbocycles. The van der Waals surface area contributed by atoms with E-state index in [1.807, 2.05) is 36.0 Å². The number of hydrogen-bond acceptors (Lipinski definition) is 2. The number of benzene rings is 5. The summed E-state index contributed by atoms with van der Waals surface area (Å²) in [5.74, 6) is 3.73. The lowest BCUT2D eigenvalue weighted by atomic mass is 9.65. The number of aliphatic imine (C=N–C) groups is 2. The molecular formula is C52H44N2S. The number of nitrogens with zero attached hydrogens (tertiary/aromatic N) is 2. The Balaban J connectivity index is 1.43. The van der Waals surface area contributed by atoms with Crippen molar-refractivity contribution >= 4 is 41.2 Å². The monoisotopic (exact) mass is 728 g/mol. The highest BCUT2D eigenvalue weighted by atomic mass is 32.2. The number of rotatable bonds is 6. The zero-order valence-corrected chi connectivity index (χ0v) is 33.0. The Bertz CT molecular complexity index is 2620. The van der Waals surface area contributed by atoms with E-state index >= 15 is 0 Å². The second-order valence-corrected chi connectivity index (χ2v) is 15.6. The Morgan fingerprint density at radius 3 is 2.18 bits per heavy atom. The van der Waals surface area contributed by atoms with Crippen LogP contribution in [0.3, 0.4) is 0 Å². The van der Waals surface area contributed by atoms with E-state index in [1.54, 1.807) is 6.08 Å². The van der Waals surface area contributed by atoms with E-state index in [9.17, 15) is 0 Å². The number of allylic oxidation sites excluding steroid dienone is 6. The molecule has 0 N–H and O–H groups in total. The van der Waals surface area contributed by atoms with Gasteiger partial charge in [-0.15, -0.1) is 6.42 Å². The first kappa shape index (κ1) is 36.0. The van der Waals surface area contributed by atoms with Crippen molar-refractivity contribution in [2.24, 2.45) is 15.9 Å². The minimum atomic E-state index is -0.629. The summed E-state index contributed by atoms with van der Waals surface area (Å²) in [6, 6.07) is 35.0. The maximum absolute atomic E-state index is 5.70. The highest BCUT2D eigenvalue weighted by Gasteiger charge is 2.52. The van der Waals surface area contributed by atoms with Gasteiger partial charge in [-0.1, -0.05) is 159 Å². The Labute approximate surface area is 330 Å². The van der Waals surface area contributed by atoms with Crippen LogP contribution in [-0.4, -0.2) is 11.5 Å². The highest BCUT2D eigenvalue weighted by Crippen LogP contribution is 2.64. The molecular weight excluding hydrogens is 685 g/mol. The molecule has 2 unspecified atom stereocenters. The summed E-state index contributed by atoms with van der Waals surface area (Å²) in [5.41, 5.74) is 16.5. The third-order valence-corrected chi connectivity index (χ3v) is 12.8. The third-order valence-electron chi connectivity index (χ3n) is 11.4. The fourth-order valence-corrected chi connectivity index (χ4v) is 10.1. The lowest BCUT2D eigenvalue weighted by molar-refractivity contribution is 0.712. The maximum atomic E-state index is 5.70. The summed E-state index contributed by atoms with van der Waals surface area (Å²) in [5, 5.41) is 0. The van der Waals surface area contributed by atoms with Gasteiger partial charge in [-0.2, -0.15) is 0 Å². The summed E-state index contributed by atoms with van der Waals surface area (Å²) < 4.78 is 0. The van der Waals surface area contributed by atoms with Crippen molar-refractivity contribution in [3.05, 3.63) is 195 Å². The van der Waals surface area contributed by atoms with Crippen molar-refractivity contribution in [2.75, 3.05) is 0 Å². The maximum Gasteiger partial charge on any atom is 0.159 e. The van der Waals surface area contributed by atoms with E-state index in [0.29, 0.717) is 17.5 Å². The van der Waals surface area contributed by atoms with Crippen molar-refractivity contribution in [3.8, 4) is 23.5 Å². The normalized spacial score (nSPS) is 18.5. The summed E-state index contributed by atoms with van der Waals surface area (Å²) in [6.07, 6.45) is 21.4. The van der Waals surface area contributed by atoms with Gasteiger partial charge in [0.05, 0.1) is 11.1 Å². The lowest BCUT2D eigenvalue weighted by Crippen LogP contribution is -2.33. The smallest absolute Gasteiger partial charge is 0.159 e. The Hall–Kier alpha value is -5.95. The molecule has 2 aliphatic carbocycles. The number of amidine groups is 1. The molecule has 1 spiro atoms. The molecule has 0 saturated heterocycles. The van der Waals surface area contributed by atoms with E-state index in [4.69, 9.17) is 23.0 Å². The van der Waals surface area contributed by atoms with Gasteiger partial charge in [0.25, 0.3) is 0 Å². The van der Waals surface area contributed by atoms with E-state index in [1.165, 1.54) is 65.4 Å². The predicted molar refractivity (Wildman–Crippen MR) is 236 cm³/mol. The molecule has 0 amide bonds. The molecule has 0 radical (unpaired) electrons. The van der Waals surface area contributed by atoms with Gasteiger partial charge in [-0.3, -0.25) is 0 Å². The molecule has 2 atom stereocenters. The van der Waals surface area contributed by atoms with E-state index in [0.717, 1.165) is 28.8 Å². The fourth-order valence-electron chi connectivity index (χ4n) is 8.73. The zero-order valence-electron chi connectivity index (χ0n) is 32.2. The SMILES string of the molecule is C#C/C=C\c1ccc2c(c1C)Sc1c(ccc(/C=C\C)c1C)C21c2ccccc2-c2cccc(C(=C)N=C(N=C(C)C3=CC=CCC3C)c3ccccc3)c21. The van der Waals surface area contributed by atoms with Crippen LogP contribution in [0.15, 0.2) is 159 Å². The number of terminal acetylenes is 1. The van der Waals surface area contributed by atoms with Crippen molar-refractivity contribution in [1.29, 1.82) is 0 Å². The topological polar surface area (TPSA) is 24.7 Å². The van der Waals surface area contributed by atoms with Crippen LogP contribution in [0.5, 0.6) is 0 Å². The second-order valence-electron chi connectivity index (χ2n) is 14.6. The quantitative estimate of drug-likeness (QED) is 0.0950. The molecule has 5 aromatic rings. The summed E-state index contributed by atoms with van der Waals surface area (Å²) >= 11 is 1.88. The minimum Gasteiger partial charge on any atom is -0.233 e. The largest absolute Gasteiger partial charge is 0.233 e. The van der Waals surface area contributed by atoms with Crippen LogP contribution in [-0.2, 0) is 5.41 Å². The predicted octanol–water partition coefficient (Wildman–Crippen LogP) is 13.2. The van der Waals surface area contributed by atoms with Crippen LogP contribution >= 0.6 is 11.8 Å². The van der Waals surface area contributed by atoms with Gasteiger partial charge in [0.15, 0.2) is 5.84 Å². The summed E-state index contributed by atoms with van der Waals surface area (Å²) in [7, 11) is 0. The molecule has 0 fully saturated rings. The first-order valence-corrected chi connectivity index (χ1v) is 19.8.